The van der Waals surface area contributed by atoms with E-state index in [9.17, 15) is 0 Å². The highest BCUT2D eigenvalue weighted by atomic mass is 15.1. The van der Waals surface area contributed by atoms with Crippen molar-refractivity contribution >= 4 is 0 Å². The molecule has 0 aliphatic rings. The number of aryl methyl sites for hydroxylation is 1. The van der Waals surface area contributed by atoms with Gasteiger partial charge in [-0.1, -0.05) is 31.2 Å². The van der Waals surface area contributed by atoms with Crippen LogP contribution in [0.4, 0.5) is 0 Å². The molecule has 1 aromatic carbocycles. The molecule has 2 heteroatoms. The van der Waals surface area contributed by atoms with E-state index in [0.717, 1.165) is 19.5 Å². The first-order chi connectivity index (χ1) is 8.26. The first kappa shape index (κ1) is 14.2. The van der Waals surface area contributed by atoms with Crippen LogP contribution in [0.15, 0.2) is 24.3 Å². The number of benzene rings is 1. The average molecular weight is 234 g/mol. The molecule has 0 atom stereocenters. The van der Waals surface area contributed by atoms with Crippen molar-refractivity contribution in [2.45, 2.75) is 32.7 Å². The second-order valence-corrected chi connectivity index (χ2v) is 4.72. The van der Waals surface area contributed by atoms with Gasteiger partial charge in [-0.3, -0.25) is 0 Å². The summed E-state index contributed by atoms with van der Waals surface area (Å²) in [6.45, 7) is 5.56. The Morgan fingerprint density at radius 2 is 1.71 bits per heavy atom. The molecule has 0 spiro atoms. The maximum Gasteiger partial charge on any atom is 0.0230 e. The van der Waals surface area contributed by atoms with Crippen molar-refractivity contribution in [1.29, 1.82) is 0 Å². The third-order valence-corrected chi connectivity index (χ3v) is 3.10. The number of unbranched alkanes of at least 4 members (excludes halogenated alkanes) is 1. The van der Waals surface area contributed by atoms with Crippen molar-refractivity contribution in [3.63, 3.8) is 0 Å². The van der Waals surface area contributed by atoms with Gasteiger partial charge in [0.15, 0.2) is 0 Å². The van der Waals surface area contributed by atoms with Crippen molar-refractivity contribution in [2.24, 2.45) is 0 Å². The molecule has 96 valence electrons. The molecule has 0 saturated carbocycles. The molecule has 0 aromatic heterocycles. The number of nitrogens with zero attached hydrogens (tertiary/aromatic N) is 1. The lowest BCUT2D eigenvalue weighted by Crippen LogP contribution is -2.20. The van der Waals surface area contributed by atoms with Gasteiger partial charge in [-0.15, -0.1) is 0 Å². The summed E-state index contributed by atoms with van der Waals surface area (Å²) >= 11 is 0. The number of hydrogen-bond donors (Lipinski definition) is 1. The second kappa shape index (κ2) is 8.26. The van der Waals surface area contributed by atoms with Gasteiger partial charge < -0.3 is 10.2 Å². The fraction of sp³-hybridized carbons (Fsp3) is 0.600. The van der Waals surface area contributed by atoms with Gasteiger partial charge in [0, 0.05) is 6.54 Å². The molecule has 1 aromatic rings. The monoisotopic (exact) mass is 234 g/mol. The van der Waals surface area contributed by atoms with Crippen LogP contribution < -0.4 is 5.32 Å². The minimum Gasteiger partial charge on any atom is -0.320 e. The molecule has 0 bridgehead atoms. The van der Waals surface area contributed by atoms with Gasteiger partial charge in [0.25, 0.3) is 0 Å². The fourth-order valence-corrected chi connectivity index (χ4v) is 1.95. The SMILES string of the molecule is CCc1ccc(CN(C)CCCCNC)cc1. The third kappa shape index (κ3) is 5.85. The molecule has 1 rings (SSSR count). The Bertz CT molecular complexity index is 292. The summed E-state index contributed by atoms with van der Waals surface area (Å²) in [6.07, 6.45) is 3.65. The molecule has 0 aliphatic carbocycles. The van der Waals surface area contributed by atoms with E-state index in [4.69, 9.17) is 0 Å². The number of hydrogen-bond acceptors (Lipinski definition) is 2. The van der Waals surface area contributed by atoms with Crippen LogP contribution in [0.2, 0.25) is 0 Å². The molecule has 0 amide bonds. The van der Waals surface area contributed by atoms with E-state index < -0.39 is 0 Å². The van der Waals surface area contributed by atoms with Crippen LogP contribution in [0.3, 0.4) is 0 Å². The van der Waals surface area contributed by atoms with Gasteiger partial charge in [0.1, 0.15) is 0 Å². The van der Waals surface area contributed by atoms with E-state index >= 15 is 0 Å². The maximum atomic E-state index is 3.19. The molecule has 1 N–H and O–H groups in total. The highest BCUT2D eigenvalue weighted by Crippen LogP contribution is 2.07. The maximum absolute atomic E-state index is 3.19. The van der Waals surface area contributed by atoms with Crippen molar-refractivity contribution in [2.75, 3.05) is 27.2 Å². The molecule has 0 saturated heterocycles. The highest BCUT2D eigenvalue weighted by molar-refractivity contribution is 5.22. The standard InChI is InChI=1S/C15H26N2/c1-4-14-7-9-15(10-8-14)13-17(3)12-6-5-11-16-2/h7-10,16H,4-6,11-13H2,1-3H3. The molecule has 0 radical (unpaired) electrons. The van der Waals surface area contributed by atoms with Crippen molar-refractivity contribution in [1.82, 2.24) is 10.2 Å². The Morgan fingerprint density at radius 3 is 2.29 bits per heavy atom. The normalized spacial score (nSPS) is 11.1. The molecule has 0 unspecified atom stereocenters. The molecule has 17 heavy (non-hydrogen) atoms. The topological polar surface area (TPSA) is 15.3 Å². The lowest BCUT2D eigenvalue weighted by Gasteiger charge is -2.16. The second-order valence-electron chi connectivity index (χ2n) is 4.72. The highest BCUT2D eigenvalue weighted by Gasteiger charge is 2.00. The summed E-state index contributed by atoms with van der Waals surface area (Å²) in [4.78, 5) is 2.40. The molecular formula is C15H26N2. The van der Waals surface area contributed by atoms with Gasteiger partial charge in [0.05, 0.1) is 0 Å². The minimum atomic E-state index is 1.06. The van der Waals surface area contributed by atoms with Gasteiger partial charge in [0.2, 0.25) is 0 Å². The smallest absolute Gasteiger partial charge is 0.0230 e. The summed E-state index contributed by atoms with van der Waals surface area (Å²) in [7, 11) is 4.21. The zero-order chi connectivity index (χ0) is 12.5. The van der Waals surface area contributed by atoms with E-state index in [-0.39, 0.29) is 0 Å². The van der Waals surface area contributed by atoms with Crippen LogP contribution in [0.25, 0.3) is 0 Å². The number of nitrogens with one attached hydrogen (secondary N) is 1. The van der Waals surface area contributed by atoms with Crippen molar-refractivity contribution in [3.8, 4) is 0 Å². The summed E-state index contributed by atoms with van der Waals surface area (Å²) in [6, 6.07) is 8.99. The quantitative estimate of drug-likeness (QED) is 0.696. The van der Waals surface area contributed by atoms with E-state index in [0.29, 0.717) is 0 Å². The summed E-state index contributed by atoms with van der Waals surface area (Å²) in [5.74, 6) is 0. The van der Waals surface area contributed by atoms with Crippen LogP contribution in [-0.2, 0) is 13.0 Å². The molecule has 0 fully saturated rings. The zero-order valence-electron chi connectivity index (χ0n) is 11.5. The first-order valence-corrected chi connectivity index (χ1v) is 6.67. The summed E-state index contributed by atoms with van der Waals surface area (Å²) < 4.78 is 0. The van der Waals surface area contributed by atoms with Crippen molar-refractivity contribution in [3.05, 3.63) is 35.4 Å². The van der Waals surface area contributed by atoms with Gasteiger partial charge in [-0.2, -0.15) is 0 Å². The van der Waals surface area contributed by atoms with Crippen LogP contribution in [0, 0.1) is 0 Å². The Kier molecular flexibility index (Phi) is 6.90. The lowest BCUT2D eigenvalue weighted by atomic mass is 10.1. The molecule has 0 aliphatic heterocycles. The minimum absolute atomic E-state index is 1.06. The zero-order valence-corrected chi connectivity index (χ0v) is 11.5. The Labute approximate surface area is 106 Å². The molecule has 0 heterocycles. The van der Waals surface area contributed by atoms with Gasteiger partial charge >= 0.3 is 0 Å². The van der Waals surface area contributed by atoms with Crippen LogP contribution in [-0.4, -0.2) is 32.1 Å². The van der Waals surface area contributed by atoms with Crippen molar-refractivity contribution < 1.29 is 0 Å². The Hall–Kier alpha value is -0.860. The number of rotatable bonds is 8. The lowest BCUT2D eigenvalue weighted by molar-refractivity contribution is 0.318. The van der Waals surface area contributed by atoms with E-state index in [1.165, 1.54) is 30.5 Å². The van der Waals surface area contributed by atoms with E-state index in [1.54, 1.807) is 0 Å². The summed E-state index contributed by atoms with van der Waals surface area (Å²) in [5.41, 5.74) is 2.84. The average Bonchev–Trinajstić information content (AvgIpc) is 2.36. The first-order valence-electron chi connectivity index (χ1n) is 6.67. The Balaban J connectivity index is 2.26. The predicted molar refractivity (Wildman–Crippen MR) is 75.3 cm³/mol. The largest absolute Gasteiger partial charge is 0.320 e. The fourth-order valence-electron chi connectivity index (χ4n) is 1.95. The molecule has 2 nitrogen and oxygen atoms in total. The summed E-state index contributed by atoms with van der Waals surface area (Å²) in [5, 5.41) is 3.19. The van der Waals surface area contributed by atoms with Gasteiger partial charge in [-0.25, -0.2) is 0 Å². The third-order valence-electron chi connectivity index (χ3n) is 3.10. The van der Waals surface area contributed by atoms with Crippen LogP contribution in [0.1, 0.15) is 30.9 Å². The predicted octanol–water partition coefficient (Wildman–Crippen LogP) is 2.68. The van der Waals surface area contributed by atoms with E-state index in [1.807, 2.05) is 7.05 Å². The van der Waals surface area contributed by atoms with Crippen LogP contribution in [0.5, 0.6) is 0 Å². The van der Waals surface area contributed by atoms with E-state index in [2.05, 4.69) is 48.5 Å². The van der Waals surface area contributed by atoms with Gasteiger partial charge in [-0.05, 0) is 57.6 Å². The Morgan fingerprint density at radius 1 is 1.06 bits per heavy atom. The van der Waals surface area contributed by atoms with Crippen LogP contribution >= 0.6 is 0 Å². The molecular weight excluding hydrogens is 208 g/mol.